The number of rotatable bonds is 3. The molecule has 1 saturated heterocycles. The molecule has 1 aliphatic rings. The molecule has 2 rings (SSSR count). The molecule has 17 heavy (non-hydrogen) atoms. The number of hydrogen-bond donors (Lipinski definition) is 2. The predicted octanol–water partition coefficient (Wildman–Crippen LogP) is 1.82. The lowest BCUT2D eigenvalue weighted by Gasteiger charge is -2.16. The van der Waals surface area contributed by atoms with E-state index in [2.05, 4.69) is 12.6 Å². The first-order valence-corrected chi connectivity index (χ1v) is 6.34. The van der Waals surface area contributed by atoms with E-state index in [1.807, 2.05) is 23.1 Å². The lowest BCUT2D eigenvalue weighted by Crippen LogP contribution is -2.28. The minimum absolute atomic E-state index is 0.0707. The van der Waals surface area contributed by atoms with Crippen molar-refractivity contribution in [2.75, 3.05) is 19.7 Å². The molecule has 0 saturated carbocycles. The summed E-state index contributed by atoms with van der Waals surface area (Å²) in [4.78, 5) is 14.8. The van der Waals surface area contributed by atoms with Crippen LogP contribution in [-0.4, -0.2) is 35.6 Å². The molecule has 1 heterocycles. The third-order valence-electron chi connectivity index (χ3n) is 3.20. The van der Waals surface area contributed by atoms with Gasteiger partial charge in [0.2, 0.25) is 0 Å². The van der Waals surface area contributed by atoms with E-state index in [0.717, 1.165) is 30.8 Å². The number of amides is 1. The van der Waals surface area contributed by atoms with Crippen LogP contribution in [0.2, 0.25) is 0 Å². The smallest absolute Gasteiger partial charge is 0.253 e. The Hall–Kier alpha value is -1.00. The Labute approximate surface area is 107 Å². The number of aliphatic hydroxyl groups excluding tert-OH is 1. The van der Waals surface area contributed by atoms with Crippen molar-refractivity contribution < 1.29 is 9.90 Å². The van der Waals surface area contributed by atoms with Gasteiger partial charge in [-0.15, -0.1) is 12.6 Å². The van der Waals surface area contributed by atoms with Gasteiger partial charge >= 0.3 is 0 Å². The van der Waals surface area contributed by atoms with Crippen LogP contribution in [0.1, 0.15) is 23.2 Å². The van der Waals surface area contributed by atoms with Gasteiger partial charge in [-0.1, -0.05) is 6.07 Å². The first-order valence-electron chi connectivity index (χ1n) is 5.90. The van der Waals surface area contributed by atoms with Crippen molar-refractivity contribution in [3.8, 4) is 0 Å². The Morgan fingerprint density at radius 1 is 1.53 bits per heavy atom. The molecule has 1 amide bonds. The number of likely N-dealkylation sites (tertiary alicyclic amines) is 1. The average molecular weight is 251 g/mol. The molecule has 1 aliphatic heterocycles. The molecule has 1 unspecified atom stereocenters. The Bertz CT molecular complexity index is 408. The predicted molar refractivity (Wildman–Crippen MR) is 69.4 cm³/mol. The molecule has 0 bridgehead atoms. The summed E-state index contributed by atoms with van der Waals surface area (Å²) in [7, 11) is 0. The average Bonchev–Trinajstić information content (AvgIpc) is 2.77. The van der Waals surface area contributed by atoms with E-state index >= 15 is 0 Å². The van der Waals surface area contributed by atoms with Crippen LogP contribution in [0.15, 0.2) is 29.2 Å². The van der Waals surface area contributed by atoms with E-state index in [1.54, 1.807) is 6.07 Å². The van der Waals surface area contributed by atoms with Gasteiger partial charge in [0.15, 0.2) is 0 Å². The summed E-state index contributed by atoms with van der Waals surface area (Å²) in [6, 6.07) is 7.32. The topological polar surface area (TPSA) is 40.5 Å². The Morgan fingerprint density at radius 2 is 2.35 bits per heavy atom. The Balaban J connectivity index is 2.02. The molecule has 0 aliphatic carbocycles. The zero-order chi connectivity index (χ0) is 12.3. The summed E-state index contributed by atoms with van der Waals surface area (Å²) in [6.45, 7) is 1.76. The number of aliphatic hydroxyl groups is 1. The maximum Gasteiger partial charge on any atom is 0.253 e. The molecule has 1 aromatic rings. The highest BCUT2D eigenvalue weighted by Crippen LogP contribution is 2.21. The van der Waals surface area contributed by atoms with Crippen LogP contribution in [-0.2, 0) is 0 Å². The highest BCUT2D eigenvalue weighted by atomic mass is 32.1. The monoisotopic (exact) mass is 251 g/mol. The van der Waals surface area contributed by atoms with Gasteiger partial charge in [-0.25, -0.2) is 0 Å². The normalized spacial score (nSPS) is 19.6. The van der Waals surface area contributed by atoms with E-state index < -0.39 is 0 Å². The van der Waals surface area contributed by atoms with Crippen LogP contribution >= 0.6 is 12.6 Å². The van der Waals surface area contributed by atoms with Gasteiger partial charge < -0.3 is 10.0 Å². The maximum atomic E-state index is 12.2. The molecular weight excluding hydrogens is 234 g/mol. The van der Waals surface area contributed by atoms with Crippen LogP contribution in [0.5, 0.6) is 0 Å². The van der Waals surface area contributed by atoms with Gasteiger partial charge in [0, 0.05) is 30.2 Å². The second kappa shape index (κ2) is 5.56. The van der Waals surface area contributed by atoms with E-state index in [0.29, 0.717) is 11.5 Å². The Kier molecular flexibility index (Phi) is 4.07. The van der Waals surface area contributed by atoms with E-state index in [1.165, 1.54) is 0 Å². The lowest BCUT2D eigenvalue weighted by molar-refractivity contribution is 0.0784. The summed E-state index contributed by atoms with van der Waals surface area (Å²) in [5.41, 5.74) is 0.696. The maximum absolute atomic E-state index is 12.2. The molecule has 0 spiro atoms. The van der Waals surface area contributed by atoms with Gasteiger partial charge in [-0.2, -0.15) is 0 Å². The molecule has 1 atom stereocenters. The van der Waals surface area contributed by atoms with Crippen LogP contribution in [0.4, 0.5) is 0 Å². The summed E-state index contributed by atoms with van der Waals surface area (Å²) >= 11 is 4.24. The molecule has 1 N–H and O–H groups in total. The van der Waals surface area contributed by atoms with Crippen molar-refractivity contribution in [1.82, 2.24) is 4.90 Å². The number of carbonyl (C=O) groups is 1. The van der Waals surface area contributed by atoms with Crippen molar-refractivity contribution >= 4 is 18.5 Å². The van der Waals surface area contributed by atoms with Crippen LogP contribution in [0.3, 0.4) is 0 Å². The number of hydrogen-bond acceptors (Lipinski definition) is 3. The van der Waals surface area contributed by atoms with Crippen molar-refractivity contribution in [2.45, 2.75) is 17.7 Å². The summed E-state index contributed by atoms with van der Waals surface area (Å²) in [5.74, 6) is 0.518. The molecule has 3 nitrogen and oxygen atoms in total. The molecular formula is C13H17NO2S. The summed E-state index contributed by atoms with van der Waals surface area (Å²) in [5, 5.41) is 8.89. The standard InChI is InChI=1S/C13H17NO2S/c15-7-5-10-4-6-14(9-10)13(16)11-2-1-3-12(17)8-11/h1-3,8,10,15,17H,4-7,9H2. The van der Waals surface area contributed by atoms with Crippen LogP contribution < -0.4 is 0 Å². The van der Waals surface area contributed by atoms with Crippen molar-refractivity contribution in [2.24, 2.45) is 5.92 Å². The SMILES string of the molecule is O=C(c1cccc(S)c1)N1CCC(CCO)C1. The highest BCUT2D eigenvalue weighted by molar-refractivity contribution is 7.80. The molecule has 0 radical (unpaired) electrons. The molecule has 1 aromatic carbocycles. The van der Waals surface area contributed by atoms with Gasteiger partial charge in [-0.05, 0) is 37.0 Å². The molecule has 4 heteroatoms. The quantitative estimate of drug-likeness (QED) is 0.805. The summed E-state index contributed by atoms with van der Waals surface area (Å²) in [6.07, 6.45) is 1.78. The minimum Gasteiger partial charge on any atom is -0.396 e. The third-order valence-corrected chi connectivity index (χ3v) is 3.48. The fraction of sp³-hybridized carbons (Fsp3) is 0.462. The second-order valence-electron chi connectivity index (χ2n) is 4.47. The fourth-order valence-corrected chi connectivity index (χ4v) is 2.48. The minimum atomic E-state index is 0.0707. The summed E-state index contributed by atoms with van der Waals surface area (Å²) < 4.78 is 0. The largest absolute Gasteiger partial charge is 0.396 e. The van der Waals surface area contributed by atoms with Gasteiger partial charge in [0.25, 0.3) is 5.91 Å². The zero-order valence-corrected chi connectivity index (χ0v) is 10.6. The van der Waals surface area contributed by atoms with Gasteiger partial charge in [0.05, 0.1) is 0 Å². The fourth-order valence-electron chi connectivity index (χ4n) is 2.26. The van der Waals surface area contributed by atoms with Crippen molar-refractivity contribution in [3.05, 3.63) is 29.8 Å². The highest BCUT2D eigenvalue weighted by Gasteiger charge is 2.26. The Morgan fingerprint density at radius 3 is 3.06 bits per heavy atom. The molecule has 0 aromatic heterocycles. The van der Waals surface area contributed by atoms with Gasteiger partial charge in [-0.3, -0.25) is 4.79 Å². The van der Waals surface area contributed by atoms with Gasteiger partial charge in [0.1, 0.15) is 0 Å². The van der Waals surface area contributed by atoms with E-state index in [4.69, 9.17) is 5.11 Å². The number of benzene rings is 1. The number of thiol groups is 1. The second-order valence-corrected chi connectivity index (χ2v) is 4.98. The first-order chi connectivity index (χ1) is 8.20. The zero-order valence-electron chi connectivity index (χ0n) is 9.67. The van der Waals surface area contributed by atoms with E-state index in [9.17, 15) is 4.79 Å². The van der Waals surface area contributed by atoms with Crippen molar-refractivity contribution in [1.29, 1.82) is 0 Å². The van der Waals surface area contributed by atoms with Crippen LogP contribution in [0, 0.1) is 5.92 Å². The number of carbonyl (C=O) groups excluding carboxylic acids is 1. The first kappa shape index (κ1) is 12.5. The lowest BCUT2D eigenvalue weighted by atomic mass is 10.1. The van der Waals surface area contributed by atoms with Crippen LogP contribution in [0.25, 0.3) is 0 Å². The molecule has 1 fully saturated rings. The third kappa shape index (κ3) is 3.01. The van der Waals surface area contributed by atoms with Crippen molar-refractivity contribution in [3.63, 3.8) is 0 Å². The molecule has 92 valence electrons. The number of nitrogens with zero attached hydrogens (tertiary/aromatic N) is 1. The van der Waals surface area contributed by atoms with E-state index in [-0.39, 0.29) is 12.5 Å².